The highest BCUT2D eigenvalue weighted by atomic mass is 35.5. The number of piperidine rings is 1. The molecule has 1 amide bonds. The van der Waals surface area contributed by atoms with Gasteiger partial charge in [-0.15, -0.1) is 0 Å². The van der Waals surface area contributed by atoms with Gasteiger partial charge >= 0.3 is 0 Å². The molecule has 2 aliphatic rings. The number of hydrogen-bond donors (Lipinski definition) is 0. The van der Waals surface area contributed by atoms with Gasteiger partial charge in [-0.05, 0) is 42.0 Å². The van der Waals surface area contributed by atoms with E-state index in [-0.39, 0.29) is 11.7 Å². The molecule has 0 saturated carbocycles. The third kappa shape index (κ3) is 5.25. The van der Waals surface area contributed by atoms with E-state index < -0.39 is 5.60 Å². The summed E-state index contributed by atoms with van der Waals surface area (Å²) in [6.07, 6.45) is 5.06. The summed E-state index contributed by atoms with van der Waals surface area (Å²) in [5, 5.41) is 0.681. The summed E-state index contributed by atoms with van der Waals surface area (Å²) >= 11 is 6.17. The minimum Gasteiger partial charge on any atom is -0.489 e. The number of Topliss-reactive ketones (excluding diaryl/α,β-unsaturated/α-hetero) is 1. The molecule has 6 heteroatoms. The van der Waals surface area contributed by atoms with Gasteiger partial charge in [0, 0.05) is 42.6 Å². The van der Waals surface area contributed by atoms with Crippen LogP contribution in [0.2, 0.25) is 5.02 Å². The van der Waals surface area contributed by atoms with Gasteiger partial charge in [0.15, 0.2) is 5.78 Å². The Morgan fingerprint density at radius 2 is 1.71 bits per heavy atom. The fourth-order valence-electron chi connectivity index (χ4n) is 4.58. The van der Waals surface area contributed by atoms with E-state index in [1.807, 2.05) is 77.7 Å². The highest BCUT2D eigenvalue weighted by Crippen LogP contribution is 2.39. The van der Waals surface area contributed by atoms with Gasteiger partial charge in [0.2, 0.25) is 5.91 Å². The van der Waals surface area contributed by atoms with Gasteiger partial charge in [-0.25, -0.2) is 0 Å². The average Bonchev–Trinajstić information content (AvgIpc) is 2.88. The van der Waals surface area contributed by atoms with E-state index >= 15 is 0 Å². The standard InChI is InChI=1S/C29H26ClNO4/c30-25-7-3-1-5-22(25)20-34-23-12-9-21(10-13-23)11-14-28(33)31-17-15-29(16-18-31)19-26(32)24-6-2-4-8-27(24)35-29/h1-14H,15-20H2/b14-11+. The molecule has 0 atom stereocenters. The van der Waals surface area contributed by atoms with Crippen LogP contribution in [0.1, 0.15) is 40.7 Å². The molecule has 2 heterocycles. The summed E-state index contributed by atoms with van der Waals surface area (Å²) in [5.41, 5.74) is 1.99. The van der Waals surface area contributed by atoms with Crippen molar-refractivity contribution in [2.45, 2.75) is 31.5 Å². The minimum absolute atomic E-state index is 0.0403. The smallest absolute Gasteiger partial charge is 0.246 e. The van der Waals surface area contributed by atoms with Crippen LogP contribution < -0.4 is 9.47 Å². The SMILES string of the molecule is O=C1CC2(CCN(C(=O)/C=C/c3ccc(OCc4ccccc4Cl)cc3)CC2)Oc2ccccc21. The Kier molecular flexibility index (Phi) is 6.60. The minimum atomic E-state index is -0.508. The van der Waals surface area contributed by atoms with Crippen molar-refractivity contribution in [2.75, 3.05) is 13.1 Å². The van der Waals surface area contributed by atoms with Crippen molar-refractivity contribution >= 4 is 29.4 Å². The van der Waals surface area contributed by atoms with Gasteiger partial charge in [-0.2, -0.15) is 0 Å². The first-order chi connectivity index (χ1) is 17.0. The second-order valence-electron chi connectivity index (χ2n) is 8.99. The average molecular weight is 488 g/mol. The zero-order valence-corrected chi connectivity index (χ0v) is 20.0. The molecule has 0 aromatic heterocycles. The zero-order valence-electron chi connectivity index (χ0n) is 19.3. The number of ether oxygens (including phenoxy) is 2. The van der Waals surface area contributed by atoms with Crippen LogP contribution in [0, 0.1) is 0 Å². The van der Waals surface area contributed by atoms with Crippen molar-refractivity contribution in [1.82, 2.24) is 4.90 Å². The van der Waals surface area contributed by atoms with Gasteiger partial charge in [0.05, 0.1) is 12.0 Å². The van der Waals surface area contributed by atoms with E-state index in [2.05, 4.69) is 0 Å². The zero-order chi connectivity index (χ0) is 24.3. The summed E-state index contributed by atoms with van der Waals surface area (Å²) < 4.78 is 12.1. The third-order valence-corrected chi connectivity index (χ3v) is 7.00. The van der Waals surface area contributed by atoms with E-state index in [1.54, 1.807) is 12.2 Å². The number of amides is 1. The second-order valence-corrected chi connectivity index (χ2v) is 9.40. The number of nitrogens with zero attached hydrogens (tertiary/aromatic N) is 1. The Bertz CT molecular complexity index is 1260. The van der Waals surface area contributed by atoms with Crippen molar-refractivity contribution in [3.8, 4) is 11.5 Å². The number of benzene rings is 3. The molecule has 5 rings (SSSR count). The predicted molar refractivity (Wildman–Crippen MR) is 136 cm³/mol. The number of carbonyl (C=O) groups is 2. The molecule has 178 valence electrons. The number of ketones is 1. The number of fused-ring (bicyclic) bond motifs is 1. The molecule has 1 saturated heterocycles. The molecule has 2 aliphatic heterocycles. The summed E-state index contributed by atoms with van der Waals surface area (Å²) in [4.78, 5) is 27.2. The highest BCUT2D eigenvalue weighted by Gasteiger charge is 2.43. The Hall–Kier alpha value is -3.57. The summed E-state index contributed by atoms with van der Waals surface area (Å²) in [7, 11) is 0. The number of rotatable bonds is 5. The largest absolute Gasteiger partial charge is 0.489 e. The van der Waals surface area contributed by atoms with Crippen LogP contribution in [-0.4, -0.2) is 35.3 Å². The number of halogens is 1. The molecule has 3 aromatic carbocycles. The molecule has 1 spiro atoms. The molecule has 5 nitrogen and oxygen atoms in total. The molecule has 0 unspecified atom stereocenters. The highest BCUT2D eigenvalue weighted by molar-refractivity contribution is 6.31. The van der Waals surface area contributed by atoms with Crippen LogP contribution in [0.5, 0.6) is 11.5 Å². The van der Waals surface area contributed by atoms with Gasteiger partial charge < -0.3 is 14.4 Å². The lowest BCUT2D eigenvalue weighted by Gasteiger charge is -2.43. The number of hydrogen-bond acceptors (Lipinski definition) is 4. The van der Waals surface area contributed by atoms with E-state index in [0.29, 0.717) is 55.3 Å². The van der Waals surface area contributed by atoms with Crippen LogP contribution in [0.15, 0.2) is 78.9 Å². The Labute approximate surface area is 209 Å². The maximum Gasteiger partial charge on any atom is 0.246 e. The number of likely N-dealkylation sites (tertiary alicyclic amines) is 1. The van der Waals surface area contributed by atoms with Crippen LogP contribution in [0.3, 0.4) is 0 Å². The lowest BCUT2D eigenvalue weighted by molar-refractivity contribution is -0.129. The Morgan fingerprint density at radius 3 is 2.49 bits per heavy atom. The fourth-order valence-corrected chi connectivity index (χ4v) is 4.77. The van der Waals surface area contributed by atoms with Crippen LogP contribution >= 0.6 is 11.6 Å². The summed E-state index contributed by atoms with van der Waals surface area (Å²) in [6, 6.07) is 22.6. The van der Waals surface area contributed by atoms with E-state index in [4.69, 9.17) is 21.1 Å². The molecular formula is C29H26ClNO4. The first-order valence-electron chi connectivity index (χ1n) is 11.8. The van der Waals surface area contributed by atoms with Crippen molar-refractivity contribution in [1.29, 1.82) is 0 Å². The van der Waals surface area contributed by atoms with Gasteiger partial charge in [-0.1, -0.05) is 54.1 Å². The molecule has 1 fully saturated rings. The molecule has 0 radical (unpaired) electrons. The third-order valence-electron chi connectivity index (χ3n) is 6.63. The van der Waals surface area contributed by atoms with Crippen molar-refractivity contribution in [2.24, 2.45) is 0 Å². The molecular weight excluding hydrogens is 462 g/mol. The molecule has 3 aromatic rings. The Morgan fingerprint density at radius 1 is 1.00 bits per heavy atom. The maximum absolute atomic E-state index is 12.8. The molecule has 35 heavy (non-hydrogen) atoms. The van der Waals surface area contributed by atoms with Crippen LogP contribution in [0.4, 0.5) is 0 Å². The molecule has 0 N–H and O–H groups in total. The maximum atomic E-state index is 12.8. The van der Waals surface area contributed by atoms with Gasteiger partial charge in [0.1, 0.15) is 23.7 Å². The monoisotopic (exact) mass is 487 g/mol. The van der Waals surface area contributed by atoms with Crippen molar-refractivity contribution < 1.29 is 19.1 Å². The number of para-hydroxylation sites is 1. The molecule has 0 aliphatic carbocycles. The van der Waals surface area contributed by atoms with Crippen LogP contribution in [0.25, 0.3) is 6.08 Å². The molecule has 0 bridgehead atoms. The summed E-state index contributed by atoms with van der Waals surface area (Å²) in [5.74, 6) is 1.47. The van der Waals surface area contributed by atoms with E-state index in [9.17, 15) is 9.59 Å². The first kappa shape index (κ1) is 23.2. The predicted octanol–water partition coefficient (Wildman–Crippen LogP) is 5.96. The summed E-state index contributed by atoms with van der Waals surface area (Å²) in [6.45, 7) is 1.52. The lowest BCUT2D eigenvalue weighted by Crippen LogP contribution is -2.52. The second kappa shape index (κ2) is 9.96. The van der Waals surface area contributed by atoms with E-state index in [0.717, 1.165) is 16.9 Å². The van der Waals surface area contributed by atoms with E-state index in [1.165, 1.54) is 0 Å². The number of carbonyl (C=O) groups excluding carboxylic acids is 2. The van der Waals surface area contributed by atoms with Crippen molar-refractivity contribution in [3.63, 3.8) is 0 Å². The van der Waals surface area contributed by atoms with Crippen molar-refractivity contribution in [3.05, 3.63) is 101 Å². The van der Waals surface area contributed by atoms with Gasteiger partial charge in [-0.3, -0.25) is 9.59 Å². The Balaban J connectivity index is 1.14. The normalized spacial score (nSPS) is 16.7. The lowest BCUT2D eigenvalue weighted by atomic mass is 9.82. The first-order valence-corrected chi connectivity index (χ1v) is 12.1. The van der Waals surface area contributed by atoms with Gasteiger partial charge in [0.25, 0.3) is 0 Å². The fraction of sp³-hybridized carbons (Fsp3) is 0.241. The quantitative estimate of drug-likeness (QED) is 0.417. The van der Waals surface area contributed by atoms with Crippen LogP contribution in [-0.2, 0) is 11.4 Å². The topological polar surface area (TPSA) is 55.8 Å².